The molecule has 1 N–H and O–H groups in total. The molecule has 1 aromatic carbocycles. The summed E-state index contributed by atoms with van der Waals surface area (Å²) in [5.41, 5.74) is 1.25. The number of aryl methyl sites for hydroxylation is 1. The summed E-state index contributed by atoms with van der Waals surface area (Å²) in [6.45, 7) is 9.81. The maximum Gasteiger partial charge on any atom is 0.193 e. The van der Waals surface area contributed by atoms with Gasteiger partial charge in [0.05, 0.1) is 6.54 Å². The molecule has 1 unspecified atom stereocenters. The van der Waals surface area contributed by atoms with E-state index in [4.69, 9.17) is 9.73 Å². The van der Waals surface area contributed by atoms with Crippen molar-refractivity contribution in [2.75, 3.05) is 53.4 Å². The van der Waals surface area contributed by atoms with Crippen molar-refractivity contribution in [2.45, 2.75) is 26.7 Å². The Labute approximate surface area is 176 Å². The first-order valence-electron chi connectivity index (χ1n) is 9.46. The minimum atomic E-state index is 0. The van der Waals surface area contributed by atoms with E-state index in [1.54, 1.807) is 0 Å². The molecule has 0 aromatic heterocycles. The number of halogens is 1. The molecule has 1 fully saturated rings. The summed E-state index contributed by atoms with van der Waals surface area (Å²) in [6, 6.07) is 8.19. The molecule has 148 valence electrons. The van der Waals surface area contributed by atoms with Gasteiger partial charge in [0.1, 0.15) is 12.4 Å². The number of nitrogens with zero attached hydrogens (tertiary/aromatic N) is 3. The van der Waals surface area contributed by atoms with Gasteiger partial charge in [0, 0.05) is 26.7 Å². The quantitative estimate of drug-likeness (QED) is 0.374. The number of piperidine rings is 1. The fourth-order valence-electron chi connectivity index (χ4n) is 3.15. The van der Waals surface area contributed by atoms with E-state index < -0.39 is 0 Å². The molecule has 0 spiro atoms. The molecule has 0 aliphatic carbocycles. The average molecular weight is 474 g/mol. The highest BCUT2D eigenvalue weighted by atomic mass is 127. The number of nitrogens with one attached hydrogen (secondary N) is 1. The average Bonchev–Trinajstić information content (AvgIpc) is 2.60. The van der Waals surface area contributed by atoms with E-state index >= 15 is 0 Å². The number of rotatable bonds is 7. The summed E-state index contributed by atoms with van der Waals surface area (Å²) in [5, 5.41) is 3.40. The third kappa shape index (κ3) is 8.12. The van der Waals surface area contributed by atoms with E-state index in [1.165, 1.54) is 24.9 Å². The van der Waals surface area contributed by atoms with Crippen molar-refractivity contribution in [1.29, 1.82) is 0 Å². The van der Waals surface area contributed by atoms with Crippen LogP contribution in [0.25, 0.3) is 0 Å². The maximum absolute atomic E-state index is 5.84. The first-order valence-corrected chi connectivity index (χ1v) is 9.46. The molecule has 0 radical (unpaired) electrons. The highest BCUT2D eigenvalue weighted by Gasteiger charge is 2.17. The van der Waals surface area contributed by atoms with Gasteiger partial charge in [0.15, 0.2) is 5.96 Å². The molecule has 1 aliphatic heterocycles. The van der Waals surface area contributed by atoms with E-state index in [0.717, 1.165) is 37.9 Å². The second-order valence-corrected chi connectivity index (χ2v) is 7.05. The van der Waals surface area contributed by atoms with Crippen LogP contribution in [0.15, 0.2) is 29.3 Å². The number of benzene rings is 1. The van der Waals surface area contributed by atoms with E-state index in [0.29, 0.717) is 12.5 Å². The lowest BCUT2D eigenvalue weighted by Gasteiger charge is -2.29. The van der Waals surface area contributed by atoms with Gasteiger partial charge >= 0.3 is 0 Å². The van der Waals surface area contributed by atoms with Crippen LogP contribution in [0.3, 0.4) is 0 Å². The first-order chi connectivity index (χ1) is 12.1. The van der Waals surface area contributed by atoms with Gasteiger partial charge in [0.2, 0.25) is 0 Å². The molecule has 0 saturated carbocycles. The number of likely N-dealkylation sites (N-methyl/N-ethyl adjacent to an activating group) is 1. The molecule has 5 nitrogen and oxygen atoms in total. The van der Waals surface area contributed by atoms with E-state index in [9.17, 15) is 0 Å². The Bertz CT molecular complexity index is 535. The minimum Gasteiger partial charge on any atom is -0.492 e. The van der Waals surface area contributed by atoms with Crippen LogP contribution < -0.4 is 10.1 Å². The minimum absolute atomic E-state index is 0. The SMILES string of the molecule is CCNC(=NCC1CCCN(C)C1)N(C)CCOc1ccc(C)cc1.I. The van der Waals surface area contributed by atoms with Crippen LogP contribution in [0.1, 0.15) is 25.3 Å². The van der Waals surface area contributed by atoms with Crippen molar-refractivity contribution in [3.8, 4) is 5.75 Å². The summed E-state index contributed by atoms with van der Waals surface area (Å²) < 4.78 is 5.84. The van der Waals surface area contributed by atoms with Crippen molar-refractivity contribution >= 4 is 29.9 Å². The van der Waals surface area contributed by atoms with Crippen LogP contribution >= 0.6 is 24.0 Å². The smallest absolute Gasteiger partial charge is 0.193 e. The number of hydrogen-bond acceptors (Lipinski definition) is 3. The van der Waals surface area contributed by atoms with Crippen LogP contribution in [0.5, 0.6) is 5.75 Å². The fraction of sp³-hybridized carbons (Fsp3) is 0.650. The Balaban J connectivity index is 0.00000338. The molecular weight excluding hydrogens is 439 g/mol. The lowest BCUT2D eigenvalue weighted by atomic mass is 9.99. The summed E-state index contributed by atoms with van der Waals surface area (Å²) in [4.78, 5) is 9.43. The highest BCUT2D eigenvalue weighted by molar-refractivity contribution is 14.0. The molecular formula is C20H35IN4O. The van der Waals surface area contributed by atoms with E-state index in [-0.39, 0.29) is 24.0 Å². The van der Waals surface area contributed by atoms with Crippen molar-refractivity contribution in [3.63, 3.8) is 0 Å². The molecule has 1 saturated heterocycles. The van der Waals surface area contributed by atoms with Crippen molar-refractivity contribution < 1.29 is 4.74 Å². The topological polar surface area (TPSA) is 40.1 Å². The predicted octanol–water partition coefficient (Wildman–Crippen LogP) is 3.23. The molecule has 26 heavy (non-hydrogen) atoms. The maximum atomic E-state index is 5.84. The normalized spacial score (nSPS) is 18.2. The second kappa shape index (κ2) is 12.4. The number of ether oxygens (including phenoxy) is 1. The van der Waals surface area contributed by atoms with Gasteiger partial charge in [0.25, 0.3) is 0 Å². The number of hydrogen-bond donors (Lipinski definition) is 1. The lowest BCUT2D eigenvalue weighted by Crippen LogP contribution is -2.41. The van der Waals surface area contributed by atoms with E-state index in [2.05, 4.69) is 55.2 Å². The third-order valence-corrected chi connectivity index (χ3v) is 4.63. The van der Waals surface area contributed by atoms with Crippen molar-refractivity contribution in [2.24, 2.45) is 10.9 Å². The Kier molecular flexibility index (Phi) is 11.0. The van der Waals surface area contributed by atoms with Gasteiger partial charge in [-0.25, -0.2) is 0 Å². The van der Waals surface area contributed by atoms with Gasteiger partial charge in [-0.2, -0.15) is 0 Å². The molecule has 1 heterocycles. The van der Waals surface area contributed by atoms with Crippen molar-refractivity contribution in [3.05, 3.63) is 29.8 Å². The monoisotopic (exact) mass is 474 g/mol. The first kappa shape index (κ1) is 23.0. The highest BCUT2D eigenvalue weighted by Crippen LogP contribution is 2.15. The molecule has 1 aliphatic rings. The summed E-state index contributed by atoms with van der Waals surface area (Å²) in [7, 11) is 4.28. The van der Waals surface area contributed by atoms with Crippen LogP contribution in [0, 0.1) is 12.8 Å². The van der Waals surface area contributed by atoms with Gasteiger partial charge in [-0.3, -0.25) is 4.99 Å². The summed E-state index contributed by atoms with van der Waals surface area (Å²) in [6.07, 6.45) is 2.57. The van der Waals surface area contributed by atoms with Gasteiger partial charge < -0.3 is 19.9 Å². The second-order valence-electron chi connectivity index (χ2n) is 7.05. The molecule has 0 bridgehead atoms. The van der Waals surface area contributed by atoms with Crippen LogP contribution in [0.4, 0.5) is 0 Å². The van der Waals surface area contributed by atoms with Crippen LogP contribution in [-0.4, -0.2) is 69.2 Å². The number of aliphatic imine (C=N–C) groups is 1. The Morgan fingerprint density at radius 2 is 2.08 bits per heavy atom. The zero-order chi connectivity index (χ0) is 18.1. The van der Waals surface area contributed by atoms with Gasteiger partial charge in [-0.15, -0.1) is 24.0 Å². The Hall–Kier alpha value is -1.02. The summed E-state index contributed by atoms with van der Waals surface area (Å²) >= 11 is 0. The van der Waals surface area contributed by atoms with Crippen molar-refractivity contribution in [1.82, 2.24) is 15.1 Å². The fourth-order valence-corrected chi connectivity index (χ4v) is 3.15. The number of guanidine groups is 1. The van der Waals surface area contributed by atoms with Gasteiger partial charge in [-0.05, 0) is 58.3 Å². The molecule has 1 aromatic rings. The lowest BCUT2D eigenvalue weighted by molar-refractivity contribution is 0.214. The molecule has 6 heteroatoms. The zero-order valence-electron chi connectivity index (χ0n) is 16.7. The Morgan fingerprint density at radius 3 is 2.73 bits per heavy atom. The zero-order valence-corrected chi connectivity index (χ0v) is 19.0. The molecule has 1 atom stereocenters. The third-order valence-electron chi connectivity index (χ3n) is 4.63. The van der Waals surface area contributed by atoms with Crippen LogP contribution in [-0.2, 0) is 0 Å². The standard InChI is InChI=1S/C20H34N4O.HI/c1-5-21-20(22-15-18-7-6-12-23(3)16-18)24(4)13-14-25-19-10-8-17(2)9-11-19;/h8-11,18H,5-7,12-16H2,1-4H3,(H,21,22);1H. The van der Waals surface area contributed by atoms with E-state index in [1.807, 2.05) is 12.1 Å². The molecule has 0 amide bonds. The summed E-state index contributed by atoms with van der Waals surface area (Å²) in [5.74, 6) is 2.57. The number of likely N-dealkylation sites (tertiary alicyclic amines) is 1. The molecule has 2 rings (SSSR count). The van der Waals surface area contributed by atoms with Crippen LogP contribution in [0.2, 0.25) is 0 Å². The van der Waals surface area contributed by atoms with Gasteiger partial charge in [-0.1, -0.05) is 17.7 Å². The largest absolute Gasteiger partial charge is 0.492 e. The Morgan fingerprint density at radius 1 is 1.35 bits per heavy atom. The predicted molar refractivity (Wildman–Crippen MR) is 121 cm³/mol.